The quantitative estimate of drug-likeness (QED) is 0.579. The minimum Gasteiger partial charge on any atom is -0.331 e. The van der Waals surface area contributed by atoms with Crippen molar-refractivity contribution in [2.24, 2.45) is 0 Å². The molecule has 3 N–H and O–H groups in total. The van der Waals surface area contributed by atoms with E-state index in [4.69, 9.17) is 0 Å². The number of hydrogen-bond acceptors (Lipinski definition) is 0. The van der Waals surface area contributed by atoms with Crippen LogP contribution in [-0.2, 0) is 6.54 Å². The topological polar surface area (TPSA) is 13.3 Å². The van der Waals surface area contributed by atoms with Gasteiger partial charge >= 0.3 is 0 Å². The van der Waals surface area contributed by atoms with E-state index in [2.05, 4.69) is 47.2 Å². The second kappa shape index (κ2) is 7.23. The van der Waals surface area contributed by atoms with Crippen molar-refractivity contribution >= 4 is 15.9 Å². The van der Waals surface area contributed by atoms with Crippen molar-refractivity contribution in [3.05, 3.63) is 34.3 Å². The van der Waals surface area contributed by atoms with E-state index in [1.807, 2.05) is 4.90 Å². The van der Waals surface area contributed by atoms with E-state index in [-0.39, 0.29) is 0 Å². The van der Waals surface area contributed by atoms with Crippen LogP contribution in [0.4, 0.5) is 0 Å². The molecule has 3 nitrogen and oxygen atoms in total. The summed E-state index contributed by atoms with van der Waals surface area (Å²) in [4.78, 5) is 5.38. The molecule has 2 aliphatic heterocycles. The fourth-order valence-electron chi connectivity index (χ4n) is 3.91. The molecule has 21 heavy (non-hydrogen) atoms. The Balaban J connectivity index is 1.45. The number of rotatable bonds is 3. The van der Waals surface area contributed by atoms with Crippen LogP contribution in [0.3, 0.4) is 0 Å². The number of piperazine rings is 1. The predicted molar refractivity (Wildman–Crippen MR) is 88.9 cm³/mol. The summed E-state index contributed by atoms with van der Waals surface area (Å²) >= 11 is 3.52. The Hall–Kier alpha value is -0.420. The highest BCUT2D eigenvalue weighted by Crippen LogP contribution is 2.09. The van der Waals surface area contributed by atoms with Gasteiger partial charge in [0.15, 0.2) is 0 Å². The van der Waals surface area contributed by atoms with Crippen molar-refractivity contribution in [1.29, 1.82) is 0 Å². The van der Waals surface area contributed by atoms with E-state index in [1.165, 1.54) is 68.7 Å². The number of likely N-dealkylation sites (N-methyl/N-ethyl adjacent to an activating group) is 1. The van der Waals surface area contributed by atoms with Crippen LogP contribution < -0.4 is 14.7 Å². The summed E-state index contributed by atoms with van der Waals surface area (Å²) in [5, 5.41) is 0. The maximum Gasteiger partial charge on any atom is 0.127 e. The summed E-state index contributed by atoms with van der Waals surface area (Å²) in [6.07, 6.45) is 2.83. The average molecular weight is 355 g/mol. The maximum absolute atomic E-state index is 3.52. The van der Waals surface area contributed by atoms with Crippen LogP contribution in [0, 0.1) is 0 Å². The lowest BCUT2D eigenvalue weighted by Gasteiger charge is -2.37. The molecule has 0 saturated carbocycles. The zero-order valence-electron chi connectivity index (χ0n) is 13.1. The maximum atomic E-state index is 3.52. The molecule has 0 unspecified atom stereocenters. The fraction of sp³-hybridized carbons (Fsp3) is 0.647. The third-order valence-electron chi connectivity index (χ3n) is 5.38. The minimum absolute atomic E-state index is 0.937. The van der Waals surface area contributed by atoms with Crippen LogP contribution in [0.5, 0.6) is 0 Å². The molecule has 0 spiro atoms. The second-order valence-corrected chi connectivity index (χ2v) is 7.86. The Morgan fingerprint density at radius 1 is 0.952 bits per heavy atom. The monoisotopic (exact) mass is 354 g/mol. The Bertz CT molecular complexity index is 432. The standard InChI is InChI=1S/C17H26BrN3/c1-19-10-12-21(13-11-19)17-6-8-20(9-7-17)14-15-2-4-16(18)5-3-15/h2-5,17H,6-14H2,1H3/p+3. The highest BCUT2D eigenvalue weighted by Gasteiger charge is 2.32. The minimum atomic E-state index is 0.937. The van der Waals surface area contributed by atoms with Gasteiger partial charge in [0, 0.05) is 22.9 Å². The van der Waals surface area contributed by atoms with E-state index in [0.717, 1.165) is 6.04 Å². The molecule has 0 aromatic heterocycles. The number of halogens is 1. The number of piperidine rings is 1. The average Bonchev–Trinajstić information content (AvgIpc) is 2.51. The molecule has 0 radical (unpaired) electrons. The molecule has 2 fully saturated rings. The summed E-state index contributed by atoms with van der Waals surface area (Å²) in [6, 6.07) is 9.79. The summed E-state index contributed by atoms with van der Waals surface area (Å²) in [5.41, 5.74) is 1.47. The van der Waals surface area contributed by atoms with Gasteiger partial charge in [-0.3, -0.25) is 0 Å². The third kappa shape index (κ3) is 4.28. The predicted octanol–water partition coefficient (Wildman–Crippen LogP) is -1.59. The number of likely N-dealkylation sites (tertiary alicyclic amines) is 1. The molecule has 4 heteroatoms. The van der Waals surface area contributed by atoms with Gasteiger partial charge < -0.3 is 14.7 Å². The van der Waals surface area contributed by atoms with Crippen molar-refractivity contribution in [2.45, 2.75) is 25.4 Å². The van der Waals surface area contributed by atoms with Crippen LogP contribution in [0.1, 0.15) is 18.4 Å². The van der Waals surface area contributed by atoms with Gasteiger partial charge in [-0.05, 0) is 12.1 Å². The van der Waals surface area contributed by atoms with Crippen molar-refractivity contribution in [3.8, 4) is 0 Å². The van der Waals surface area contributed by atoms with Gasteiger partial charge in [-0.2, -0.15) is 0 Å². The van der Waals surface area contributed by atoms with E-state index in [9.17, 15) is 0 Å². The normalized spacial score (nSPS) is 33.8. The first-order valence-electron chi connectivity index (χ1n) is 8.44. The van der Waals surface area contributed by atoms with Gasteiger partial charge in [0.2, 0.25) is 0 Å². The molecule has 0 amide bonds. The van der Waals surface area contributed by atoms with Gasteiger partial charge in [-0.25, -0.2) is 0 Å². The smallest absolute Gasteiger partial charge is 0.127 e. The third-order valence-corrected chi connectivity index (χ3v) is 5.91. The van der Waals surface area contributed by atoms with Gasteiger partial charge in [0.05, 0.1) is 26.2 Å². The Morgan fingerprint density at radius 2 is 1.57 bits per heavy atom. The molecule has 3 rings (SSSR count). The van der Waals surface area contributed by atoms with E-state index in [0.29, 0.717) is 0 Å². The lowest BCUT2D eigenvalue weighted by atomic mass is 10.0. The first-order valence-corrected chi connectivity index (χ1v) is 9.24. The Morgan fingerprint density at radius 3 is 2.19 bits per heavy atom. The number of hydrogen-bond donors (Lipinski definition) is 3. The molecule has 0 atom stereocenters. The molecule has 2 aliphatic rings. The van der Waals surface area contributed by atoms with Crippen LogP contribution in [-0.4, -0.2) is 52.4 Å². The van der Waals surface area contributed by atoms with Crippen LogP contribution in [0.15, 0.2) is 28.7 Å². The van der Waals surface area contributed by atoms with Gasteiger partial charge in [-0.15, -0.1) is 0 Å². The van der Waals surface area contributed by atoms with Crippen LogP contribution >= 0.6 is 15.9 Å². The van der Waals surface area contributed by atoms with Crippen molar-refractivity contribution in [1.82, 2.24) is 0 Å². The number of benzene rings is 1. The second-order valence-electron chi connectivity index (χ2n) is 6.94. The van der Waals surface area contributed by atoms with Crippen LogP contribution in [0.25, 0.3) is 0 Å². The zero-order chi connectivity index (χ0) is 14.7. The van der Waals surface area contributed by atoms with Crippen molar-refractivity contribution < 1.29 is 14.7 Å². The van der Waals surface area contributed by atoms with Crippen molar-refractivity contribution in [3.63, 3.8) is 0 Å². The zero-order valence-corrected chi connectivity index (χ0v) is 14.7. The molecule has 1 aromatic rings. The lowest BCUT2D eigenvalue weighted by Crippen LogP contribution is -3.29. The molecule has 0 bridgehead atoms. The van der Waals surface area contributed by atoms with E-state index < -0.39 is 0 Å². The van der Waals surface area contributed by atoms with E-state index in [1.54, 1.807) is 9.80 Å². The molecular formula is C17H29BrN3+3. The largest absolute Gasteiger partial charge is 0.331 e. The highest BCUT2D eigenvalue weighted by molar-refractivity contribution is 9.10. The highest BCUT2D eigenvalue weighted by atomic mass is 79.9. The molecule has 2 saturated heterocycles. The summed E-state index contributed by atoms with van der Waals surface area (Å²) < 4.78 is 1.18. The Labute approximate surface area is 137 Å². The Kier molecular flexibility index (Phi) is 5.33. The van der Waals surface area contributed by atoms with Crippen LogP contribution in [0.2, 0.25) is 0 Å². The molecule has 116 valence electrons. The van der Waals surface area contributed by atoms with Gasteiger partial charge in [0.1, 0.15) is 32.7 Å². The summed E-state index contributed by atoms with van der Waals surface area (Å²) in [7, 11) is 2.34. The van der Waals surface area contributed by atoms with Gasteiger partial charge in [0.25, 0.3) is 0 Å². The summed E-state index contributed by atoms with van der Waals surface area (Å²) in [5.74, 6) is 0. The fourth-order valence-corrected chi connectivity index (χ4v) is 4.17. The molecule has 0 aliphatic carbocycles. The SMILES string of the molecule is C[NH+]1CC[NH+](C2CC[NH+](Cc3ccc(Br)cc3)CC2)CC1. The lowest BCUT2D eigenvalue weighted by molar-refractivity contribution is -1.02. The number of nitrogens with one attached hydrogen (secondary N) is 3. The van der Waals surface area contributed by atoms with Gasteiger partial charge in [-0.1, -0.05) is 28.1 Å². The molecular weight excluding hydrogens is 326 g/mol. The molecule has 1 aromatic carbocycles. The first kappa shape index (κ1) is 15.5. The van der Waals surface area contributed by atoms with E-state index >= 15 is 0 Å². The van der Waals surface area contributed by atoms with Crippen molar-refractivity contribution in [2.75, 3.05) is 46.3 Å². The summed E-state index contributed by atoms with van der Waals surface area (Å²) in [6.45, 7) is 9.40. The first-order chi connectivity index (χ1) is 10.2. The molecule has 2 heterocycles. The number of quaternary nitrogens is 3.